The number of methoxy groups -OCH3 is 1. The van der Waals surface area contributed by atoms with E-state index < -0.39 is 5.91 Å². The minimum absolute atomic E-state index is 0.134. The van der Waals surface area contributed by atoms with Crippen molar-refractivity contribution in [2.45, 2.75) is 18.9 Å². The summed E-state index contributed by atoms with van der Waals surface area (Å²) in [6.45, 7) is 0.134. The summed E-state index contributed by atoms with van der Waals surface area (Å²) in [7, 11) is 1.56. The molecule has 3 rings (SSSR count). The molecule has 2 aliphatic heterocycles. The van der Waals surface area contributed by atoms with Gasteiger partial charge in [-0.2, -0.15) is 0 Å². The fourth-order valence-corrected chi connectivity index (χ4v) is 3.98. The van der Waals surface area contributed by atoms with Gasteiger partial charge in [0.05, 0.1) is 16.1 Å². The molecule has 0 unspecified atom stereocenters. The van der Waals surface area contributed by atoms with Gasteiger partial charge in [-0.1, -0.05) is 5.16 Å². The molecule has 2 N–H and O–H groups in total. The Bertz CT molecular complexity index is 677. The van der Waals surface area contributed by atoms with E-state index in [1.807, 2.05) is 0 Å². The first-order valence-electron chi connectivity index (χ1n) is 6.38. The van der Waals surface area contributed by atoms with Gasteiger partial charge in [-0.15, -0.1) is 0 Å². The topological polar surface area (TPSA) is 92.4 Å². The summed E-state index contributed by atoms with van der Waals surface area (Å²) in [6.07, 6.45) is 0.583. The maximum absolute atomic E-state index is 11.1. The van der Waals surface area contributed by atoms with Gasteiger partial charge in [0, 0.05) is 12.8 Å². The van der Waals surface area contributed by atoms with Crippen molar-refractivity contribution >= 4 is 43.5 Å². The van der Waals surface area contributed by atoms with Gasteiger partial charge < -0.3 is 24.8 Å². The minimum atomic E-state index is -0.566. The number of ether oxygens (including phenoxy) is 3. The standard InChI is InChI=1S/C13H12Br2N2O5/c1-19-10-8(14)6(9(15)11-12(10)21-4-20-11)2-5-3-7(13(16)18)17-22-5/h5H,2-4H2,1H3,(H2,16,18)/t5-/m0/s1. The van der Waals surface area contributed by atoms with Crippen LogP contribution in [0.4, 0.5) is 0 Å². The van der Waals surface area contributed by atoms with Crippen LogP contribution in [0.25, 0.3) is 0 Å². The molecule has 2 aliphatic rings. The lowest BCUT2D eigenvalue weighted by Crippen LogP contribution is -2.23. The van der Waals surface area contributed by atoms with E-state index in [0.717, 1.165) is 14.5 Å². The highest BCUT2D eigenvalue weighted by Crippen LogP contribution is 2.52. The van der Waals surface area contributed by atoms with E-state index in [9.17, 15) is 4.79 Å². The zero-order valence-electron chi connectivity index (χ0n) is 11.5. The second-order valence-corrected chi connectivity index (χ2v) is 6.33. The Morgan fingerprint density at radius 3 is 2.73 bits per heavy atom. The Hall–Kier alpha value is -1.48. The van der Waals surface area contributed by atoms with E-state index in [4.69, 9.17) is 24.8 Å². The van der Waals surface area contributed by atoms with Crippen LogP contribution in [-0.4, -0.2) is 31.6 Å². The molecular weight excluding hydrogens is 424 g/mol. The summed E-state index contributed by atoms with van der Waals surface area (Å²) in [6, 6.07) is 0. The normalized spacial score (nSPS) is 18.9. The molecule has 0 radical (unpaired) electrons. The molecule has 0 fully saturated rings. The van der Waals surface area contributed by atoms with Crippen molar-refractivity contribution in [3.63, 3.8) is 0 Å². The molecule has 7 nitrogen and oxygen atoms in total. The van der Waals surface area contributed by atoms with E-state index >= 15 is 0 Å². The smallest absolute Gasteiger partial charge is 0.266 e. The Morgan fingerprint density at radius 1 is 1.36 bits per heavy atom. The molecule has 118 valence electrons. The number of carbonyl (C=O) groups excluding carboxylic acids is 1. The van der Waals surface area contributed by atoms with Crippen LogP contribution in [0.1, 0.15) is 12.0 Å². The Morgan fingerprint density at radius 2 is 2.09 bits per heavy atom. The highest BCUT2D eigenvalue weighted by atomic mass is 79.9. The Labute approximate surface area is 143 Å². The summed E-state index contributed by atoms with van der Waals surface area (Å²) in [5, 5.41) is 3.71. The lowest BCUT2D eigenvalue weighted by Gasteiger charge is -2.16. The van der Waals surface area contributed by atoms with Crippen molar-refractivity contribution in [1.82, 2.24) is 0 Å². The number of halogens is 2. The number of rotatable bonds is 4. The van der Waals surface area contributed by atoms with E-state index in [1.54, 1.807) is 7.11 Å². The molecule has 1 amide bonds. The number of amides is 1. The zero-order chi connectivity index (χ0) is 15.9. The van der Waals surface area contributed by atoms with Crippen LogP contribution in [0.5, 0.6) is 17.2 Å². The van der Waals surface area contributed by atoms with Gasteiger partial charge in [-0.25, -0.2) is 0 Å². The van der Waals surface area contributed by atoms with Gasteiger partial charge in [-0.3, -0.25) is 4.79 Å². The fourth-order valence-electron chi connectivity index (χ4n) is 2.35. The molecule has 0 spiro atoms. The average molecular weight is 436 g/mol. The van der Waals surface area contributed by atoms with Gasteiger partial charge in [0.25, 0.3) is 5.91 Å². The monoisotopic (exact) mass is 434 g/mol. The fraction of sp³-hybridized carbons (Fsp3) is 0.385. The first-order chi connectivity index (χ1) is 10.5. The van der Waals surface area contributed by atoms with Gasteiger partial charge in [0.15, 0.2) is 11.5 Å². The molecule has 0 saturated carbocycles. The SMILES string of the molecule is COc1c(Br)c(C[C@H]2CC(C(N)=O)=NO2)c(Br)c2c1OCO2. The van der Waals surface area contributed by atoms with Crippen LogP contribution in [0.15, 0.2) is 14.1 Å². The maximum Gasteiger partial charge on any atom is 0.266 e. The Kier molecular flexibility index (Phi) is 4.18. The molecule has 1 atom stereocenters. The van der Waals surface area contributed by atoms with Crippen LogP contribution < -0.4 is 19.9 Å². The van der Waals surface area contributed by atoms with Crippen molar-refractivity contribution in [3.8, 4) is 17.2 Å². The third kappa shape index (κ3) is 2.52. The molecule has 0 saturated heterocycles. The van der Waals surface area contributed by atoms with Gasteiger partial charge in [0.2, 0.25) is 12.5 Å². The molecule has 1 aromatic rings. The number of primary amides is 1. The largest absolute Gasteiger partial charge is 0.492 e. The van der Waals surface area contributed by atoms with Crippen LogP contribution in [0, 0.1) is 0 Å². The van der Waals surface area contributed by atoms with E-state index in [1.165, 1.54) is 0 Å². The van der Waals surface area contributed by atoms with Gasteiger partial charge in [0.1, 0.15) is 11.8 Å². The number of oxime groups is 1. The summed E-state index contributed by atoms with van der Waals surface area (Å²) < 4.78 is 17.8. The minimum Gasteiger partial charge on any atom is -0.492 e. The molecule has 0 aromatic heterocycles. The summed E-state index contributed by atoms with van der Waals surface area (Å²) in [5.74, 6) is 1.12. The van der Waals surface area contributed by atoms with Crippen molar-refractivity contribution < 1.29 is 23.8 Å². The third-order valence-electron chi connectivity index (χ3n) is 3.40. The van der Waals surface area contributed by atoms with Crippen molar-refractivity contribution in [2.75, 3.05) is 13.9 Å². The first-order valence-corrected chi connectivity index (χ1v) is 7.97. The van der Waals surface area contributed by atoms with E-state index in [2.05, 4.69) is 37.0 Å². The Balaban J connectivity index is 1.90. The number of nitrogens with zero attached hydrogens (tertiary/aromatic N) is 1. The lowest BCUT2D eigenvalue weighted by molar-refractivity contribution is -0.112. The zero-order valence-corrected chi connectivity index (χ0v) is 14.7. The number of hydrogen-bond donors (Lipinski definition) is 1. The maximum atomic E-state index is 11.1. The molecule has 0 aliphatic carbocycles. The average Bonchev–Trinajstić information content (AvgIpc) is 3.13. The number of carbonyl (C=O) groups is 1. The molecule has 22 heavy (non-hydrogen) atoms. The summed E-state index contributed by atoms with van der Waals surface area (Å²) in [5.41, 5.74) is 6.33. The predicted octanol–water partition coefficient (Wildman–Crippen LogP) is 2.12. The summed E-state index contributed by atoms with van der Waals surface area (Å²) >= 11 is 7.04. The molecule has 1 aromatic carbocycles. The van der Waals surface area contributed by atoms with Crippen LogP contribution in [-0.2, 0) is 16.1 Å². The molecular formula is C13H12Br2N2O5. The molecule has 0 bridgehead atoms. The van der Waals surface area contributed by atoms with Crippen molar-refractivity contribution in [2.24, 2.45) is 10.9 Å². The van der Waals surface area contributed by atoms with Gasteiger partial charge in [-0.05, 0) is 37.4 Å². The molecule has 2 heterocycles. The van der Waals surface area contributed by atoms with Crippen LogP contribution >= 0.6 is 31.9 Å². The third-order valence-corrected chi connectivity index (χ3v) is 5.08. The predicted molar refractivity (Wildman–Crippen MR) is 84.3 cm³/mol. The number of hydrogen-bond acceptors (Lipinski definition) is 6. The number of nitrogens with two attached hydrogens (primary N) is 1. The van der Waals surface area contributed by atoms with E-state index in [0.29, 0.717) is 30.1 Å². The van der Waals surface area contributed by atoms with E-state index in [-0.39, 0.29) is 18.6 Å². The van der Waals surface area contributed by atoms with Crippen molar-refractivity contribution in [3.05, 3.63) is 14.5 Å². The summed E-state index contributed by atoms with van der Waals surface area (Å²) in [4.78, 5) is 16.4. The first kappa shape index (κ1) is 15.4. The lowest BCUT2D eigenvalue weighted by atomic mass is 10.0. The molecule has 9 heteroatoms. The second kappa shape index (κ2) is 5.96. The number of fused-ring (bicyclic) bond motifs is 1. The van der Waals surface area contributed by atoms with Crippen molar-refractivity contribution in [1.29, 1.82) is 0 Å². The highest BCUT2D eigenvalue weighted by molar-refractivity contribution is 9.11. The van der Waals surface area contributed by atoms with Crippen LogP contribution in [0.3, 0.4) is 0 Å². The highest BCUT2D eigenvalue weighted by Gasteiger charge is 2.32. The number of benzene rings is 1. The van der Waals surface area contributed by atoms with Crippen LogP contribution in [0.2, 0.25) is 0 Å². The quantitative estimate of drug-likeness (QED) is 0.781. The van der Waals surface area contributed by atoms with Gasteiger partial charge >= 0.3 is 0 Å². The second-order valence-electron chi connectivity index (χ2n) is 4.74.